The van der Waals surface area contributed by atoms with Crippen molar-refractivity contribution in [2.75, 3.05) is 12.4 Å². The third-order valence-electron chi connectivity index (χ3n) is 11.0. The van der Waals surface area contributed by atoms with Crippen molar-refractivity contribution in [3.05, 3.63) is 53.1 Å². The molecular weight excluding hydrogens is 567 g/mol. The van der Waals surface area contributed by atoms with Gasteiger partial charge in [-0.25, -0.2) is 9.07 Å². The molecule has 1 aromatic carbocycles. The Bertz CT molecular complexity index is 1530. The number of thioether (sulfide) groups is 1. The van der Waals surface area contributed by atoms with Gasteiger partial charge < -0.3 is 14.9 Å². The molecule has 9 heteroatoms. The lowest BCUT2D eigenvalue weighted by atomic mass is 9.45. The standard InChI is InChI=1S/C34H39FN2O5S/c1-4-29(40)42-34(31(41)43-16-6-5-15-38)14-13-26-25-12-7-22-17-27-21(20-36-37(27)24-10-8-23(35)9-11-24)18-32(22,2)30(25)28(39)19-33(26,34)3/h8-11,17,20,25-26,28,30,38-39H,4,7,12-16,18-19H2,1-3H3/t25-,26-,28-,30+,32-,33-,34-/m0/s1. The Labute approximate surface area is 256 Å². The van der Waals surface area contributed by atoms with Gasteiger partial charge in [-0.1, -0.05) is 49.9 Å². The molecule has 1 heterocycles. The monoisotopic (exact) mass is 606 g/mol. The lowest BCUT2D eigenvalue weighted by molar-refractivity contribution is -0.196. The summed E-state index contributed by atoms with van der Waals surface area (Å²) in [6.07, 6.45) is 7.64. The molecule has 0 amide bonds. The van der Waals surface area contributed by atoms with Crippen LogP contribution >= 0.6 is 11.8 Å². The Hall–Kier alpha value is -2.93. The predicted octanol–water partition coefficient (Wildman–Crippen LogP) is 5.11. The van der Waals surface area contributed by atoms with E-state index in [0.29, 0.717) is 12.8 Å². The summed E-state index contributed by atoms with van der Waals surface area (Å²) >= 11 is 1.04. The van der Waals surface area contributed by atoms with E-state index in [-0.39, 0.29) is 52.9 Å². The van der Waals surface area contributed by atoms with E-state index in [2.05, 4.69) is 29.9 Å². The molecule has 0 unspecified atom stereocenters. The first-order valence-electron chi connectivity index (χ1n) is 15.3. The topological polar surface area (TPSA) is 102 Å². The van der Waals surface area contributed by atoms with Crippen LogP contribution in [0.3, 0.4) is 0 Å². The molecule has 7 atom stereocenters. The lowest BCUT2D eigenvalue weighted by Crippen LogP contribution is -2.62. The number of benzene rings is 1. The van der Waals surface area contributed by atoms with E-state index < -0.39 is 23.1 Å². The maximum atomic E-state index is 13.9. The van der Waals surface area contributed by atoms with E-state index >= 15 is 0 Å². The molecule has 1 aromatic heterocycles. The molecule has 2 N–H and O–H groups in total. The molecule has 0 bridgehead atoms. The van der Waals surface area contributed by atoms with Crippen LogP contribution in [0.4, 0.5) is 4.39 Å². The molecular formula is C34H39FN2O5S. The van der Waals surface area contributed by atoms with E-state index in [4.69, 9.17) is 9.84 Å². The van der Waals surface area contributed by atoms with Crippen molar-refractivity contribution in [1.82, 2.24) is 9.78 Å². The summed E-state index contributed by atoms with van der Waals surface area (Å²) in [5, 5.41) is 25.5. The SMILES string of the molecule is CCC(=O)O[C@]1(C(=O)SCC#CCO)CC[C@H]2[C@@H]3CCC4=Cc5c(cnn5-c5ccc(F)cc5)C[C@]4(C)[C@H]3[C@@H](O)C[C@@]21C. The van der Waals surface area contributed by atoms with E-state index in [0.717, 1.165) is 54.4 Å². The fourth-order valence-electron chi connectivity index (χ4n) is 9.10. The highest BCUT2D eigenvalue weighted by Gasteiger charge is 2.70. The molecule has 7 nitrogen and oxygen atoms in total. The van der Waals surface area contributed by atoms with Gasteiger partial charge in [-0.15, -0.1) is 0 Å². The number of aliphatic hydroxyl groups excluding tert-OH is 2. The van der Waals surface area contributed by atoms with Crippen molar-refractivity contribution in [1.29, 1.82) is 0 Å². The number of ether oxygens (including phenoxy) is 1. The summed E-state index contributed by atoms with van der Waals surface area (Å²) in [6, 6.07) is 6.34. The number of carbonyl (C=O) groups excluding carboxylic acids is 2. The number of nitrogens with zero attached hydrogens (tertiary/aromatic N) is 2. The Kier molecular flexibility index (Phi) is 7.85. The largest absolute Gasteiger partial charge is 0.449 e. The minimum absolute atomic E-state index is 0.0104. The van der Waals surface area contributed by atoms with Gasteiger partial charge in [0.15, 0.2) is 5.60 Å². The normalized spacial score (nSPS) is 34.0. The number of carbonyl (C=O) groups is 2. The first kappa shape index (κ1) is 30.1. The number of rotatable bonds is 5. The highest BCUT2D eigenvalue weighted by atomic mass is 32.2. The molecule has 6 rings (SSSR count). The number of hydrogen-bond acceptors (Lipinski definition) is 7. The van der Waals surface area contributed by atoms with Crippen molar-refractivity contribution < 1.29 is 28.9 Å². The number of fused-ring (bicyclic) bond motifs is 6. The van der Waals surface area contributed by atoms with E-state index in [1.165, 1.54) is 17.7 Å². The van der Waals surface area contributed by atoms with E-state index in [9.17, 15) is 19.1 Å². The molecule has 3 saturated carbocycles. The van der Waals surface area contributed by atoms with Crippen molar-refractivity contribution in [2.24, 2.45) is 28.6 Å². The molecule has 2 aromatic rings. The highest BCUT2D eigenvalue weighted by molar-refractivity contribution is 8.14. The molecule has 0 spiro atoms. The number of hydrogen-bond donors (Lipinski definition) is 2. The number of esters is 1. The van der Waals surface area contributed by atoms with Gasteiger partial charge in [0.05, 0.1) is 29.4 Å². The van der Waals surface area contributed by atoms with Crippen LogP contribution < -0.4 is 0 Å². The predicted molar refractivity (Wildman–Crippen MR) is 162 cm³/mol. The van der Waals surface area contributed by atoms with Crippen molar-refractivity contribution in [3.63, 3.8) is 0 Å². The first-order chi connectivity index (χ1) is 20.6. The van der Waals surface area contributed by atoms with Crippen LogP contribution in [0, 0.1) is 46.2 Å². The Morgan fingerprint density at radius 1 is 1.21 bits per heavy atom. The molecule has 228 valence electrons. The van der Waals surface area contributed by atoms with Crippen LogP contribution in [0.25, 0.3) is 11.8 Å². The summed E-state index contributed by atoms with van der Waals surface area (Å²) in [7, 11) is 0. The van der Waals surface area contributed by atoms with Gasteiger partial charge in [0, 0.05) is 11.8 Å². The third kappa shape index (κ3) is 4.68. The lowest BCUT2D eigenvalue weighted by Gasteiger charge is -2.60. The van der Waals surface area contributed by atoms with Gasteiger partial charge in [-0.3, -0.25) is 9.59 Å². The number of aromatic nitrogens is 2. The molecule has 0 aliphatic heterocycles. The number of aliphatic hydroxyl groups is 2. The second-order valence-electron chi connectivity index (χ2n) is 13.0. The van der Waals surface area contributed by atoms with Gasteiger partial charge in [0.1, 0.15) is 12.4 Å². The van der Waals surface area contributed by atoms with Gasteiger partial charge in [-0.05, 0) is 97.6 Å². The molecule has 3 fully saturated rings. The quantitative estimate of drug-likeness (QED) is 0.360. The average molecular weight is 607 g/mol. The summed E-state index contributed by atoms with van der Waals surface area (Å²) in [6.45, 7) is 5.76. The fraction of sp³-hybridized carbons (Fsp3) is 0.559. The smallest absolute Gasteiger partial charge is 0.306 e. The Balaban J connectivity index is 1.33. The van der Waals surface area contributed by atoms with E-state index in [1.807, 2.05) is 17.8 Å². The van der Waals surface area contributed by atoms with Crippen molar-refractivity contribution >= 4 is 28.9 Å². The van der Waals surface area contributed by atoms with Crippen LogP contribution in [0.1, 0.15) is 70.6 Å². The zero-order chi connectivity index (χ0) is 30.6. The highest BCUT2D eigenvalue weighted by Crippen LogP contribution is 2.68. The third-order valence-corrected chi connectivity index (χ3v) is 11.9. The molecule has 43 heavy (non-hydrogen) atoms. The minimum Gasteiger partial charge on any atom is -0.449 e. The first-order valence-corrected chi connectivity index (χ1v) is 16.2. The summed E-state index contributed by atoms with van der Waals surface area (Å²) in [5.41, 5.74) is 1.89. The fourth-order valence-corrected chi connectivity index (χ4v) is 10.0. The zero-order valence-electron chi connectivity index (χ0n) is 24.9. The summed E-state index contributed by atoms with van der Waals surface area (Å²) in [5.74, 6) is 5.15. The zero-order valence-corrected chi connectivity index (χ0v) is 25.8. The molecule has 0 radical (unpaired) electrons. The van der Waals surface area contributed by atoms with Gasteiger partial charge in [0.2, 0.25) is 5.12 Å². The molecule has 4 aliphatic carbocycles. The van der Waals surface area contributed by atoms with Crippen LogP contribution in [-0.4, -0.2) is 55.1 Å². The van der Waals surface area contributed by atoms with E-state index in [1.54, 1.807) is 19.1 Å². The summed E-state index contributed by atoms with van der Waals surface area (Å²) < 4.78 is 21.6. The Morgan fingerprint density at radius 3 is 2.70 bits per heavy atom. The number of allylic oxidation sites excluding steroid dienone is 1. The van der Waals surface area contributed by atoms with Crippen LogP contribution in [-0.2, 0) is 20.7 Å². The average Bonchev–Trinajstić information content (AvgIpc) is 3.51. The van der Waals surface area contributed by atoms with Crippen molar-refractivity contribution in [3.8, 4) is 17.5 Å². The maximum Gasteiger partial charge on any atom is 0.306 e. The van der Waals surface area contributed by atoms with Gasteiger partial charge >= 0.3 is 5.97 Å². The second kappa shape index (κ2) is 11.2. The number of halogens is 1. The van der Waals surface area contributed by atoms with Gasteiger partial charge in [-0.2, -0.15) is 5.10 Å². The minimum atomic E-state index is -1.32. The van der Waals surface area contributed by atoms with Crippen LogP contribution in [0.5, 0.6) is 0 Å². The van der Waals surface area contributed by atoms with Crippen LogP contribution in [0.15, 0.2) is 36.0 Å². The van der Waals surface area contributed by atoms with Crippen molar-refractivity contribution in [2.45, 2.75) is 77.4 Å². The Morgan fingerprint density at radius 2 is 1.98 bits per heavy atom. The molecule has 0 saturated heterocycles. The summed E-state index contributed by atoms with van der Waals surface area (Å²) in [4.78, 5) is 26.7. The van der Waals surface area contributed by atoms with Gasteiger partial charge in [0.25, 0.3) is 0 Å². The molecule has 4 aliphatic rings. The second-order valence-corrected chi connectivity index (χ2v) is 14.0. The van der Waals surface area contributed by atoms with Crippen LogP contribution in [0.2, 0.25) is 0 Å². The maximum absolute atomic E-state index is 13.9.